The molecule has 15 heavy (non-hydrogen) atoms. The highest BCUT2D eigenvalue weighted by molar-refractivity contribution is 14.1. The zero-order chi connectivity index (χ0) is 11.1. The molecule has 0 fully saturated rings. The Kier molecular flexibility index (Phi) is 4.98. The monoisotopic (exact) mass is 315 g/mol. The van der Waals surface area contributed by atoms with E-state index >= 15 is 0 Å². The van der Waals surface area contributed by atoms with Crippen molar-refractivity contribution in [2.45, 2.75) is 13.0 Å². The van der Waals surface area contributed by atoms with Crippen LogP contribution in [0.4, 0.5) is 10.5 Å². The molecule has 0 aromatic heterocycles. The smallest absolute Gasteiger partial charge is 0.412 e. The molecule has 3 nitrogen and oxygen atoms in total. The number of rotatable bonds is 2. The van der Waals surface area contributed by atoms with Gasteiger partial charge in [-0.15, -0.1) is 0 Å². The first kappa shape index (κ1) is 11.9. The molecule has 0 aliphatic rings. The van der Waals surface area contributed by atoms with Gasteiger partial charge in [0.15, 0.2) is 6.10 Å². The molecular formula is C11H10INO2. The Morgan fingerprint density at radius 2 is 2.13 bits per heavy atom. The van der Waals surface area contributed by atoms with Gasteiger partial charge >= 0.3 is 6.09 Å². The van der Waals surface area contributed by atoms with Crippen molar-refractivity contribution in [1.29, 1.82) is 0 Å². The predicted octanol–water partition coefficient (Wildman–Crippen LogP) is 3.02. The van der Waals surface area contributed by atoms with Crippen LogP contribution in [0.1, 0.15) is 6.92 Å². The van der Waals surface area contributed by atoms with Crippen molar-refractivity contribution in [2.24, 2.45) is 0 Å². The highest BCUT2D eigenvalue weighted by Gasteiger charge is 2.06. The van der Waals surface area contributed by atoms with Gasteiger partial charge in [0.1, 0.15) is 0 Å². The first-order chi connectivity index (χ1) is 7.22. The Hall–Kier alpha value is -1.22. The lowest BCUT2D eigenvalue weighted by atomic mass is 10.3. The van der Waals surface area contributed by atoms with Gasteiger partial charge in [0.2, 0.25) is 0 Å². The largest absolute Gasteiger partial charge is 0.433 e. The van der Waals surface area contributed by atoms with Gasteiger partial charge in [0, 0.05) is 28.3 Å². The fourth-order valence-electron chi connectivity index (χ4n) is 0.936. The maximum Gasteiger partial charge on any atom is 0.412 e. The molecule has 1 aromatic carbocycles. The van der Waals surface area contributed by atoms with Gasteiger partial charge in [-0.2, -0.15) is 0 Å². The average Bonchev–Trinajstić information content (AvgIpc) is 2.19. The minimum Gasteiger partial charge on any atom is -0.433 e. The Bertz CT molecular complexity index is 381. The van der Waals surface area contributed by atoms with Gasteiger partial charge in [-0.25, -0.2) is 4.79 Å². The van der Waals surface area contributed by atoms with Gasteiger partial charge < -0.3 is 4.74 Å². The number of anilines is 1. The molecule has 0 spiro atoms. The highest BCUT2D eigenvalue weighted by atomic mass is 127. The minimum atomic E-state index is -0.493. The number of carbonyl (C=O) groups excluding carboxylic acids is 1. The van der Waals surface area contributed by atoms with Crippen molar-refractivity contribution < 1.29 is 9.53 Å². The number of hydrogen-bond acceptors (Lipinski definition) is 2. The van der Waals surface area contributed by atoms with E-state index in [2.05, 4.69) is 15.2 Å². The molecule has 0 saturated heterocycles. The van der Waals surface area contributed by atoms with E-state index in [1.54, 1.807) is 19.1 Å². The molecule has 1 aromatic rings. The molecule has 0 aliphatic heterocycles. The van der Waals surface area contributed by atoms with Gasteiger partial charge in [0.25, 0.3) is 0 Å². The Balaban J connectivity index is 2.46. The number of carbonyl (C=O) groups is 1. The Morgan fingerprint density at radius 3 is 2.73 bits per heavy atom. The van der Waals surface area contributed by atoms with E-state index in [4.69, 9.17) is 4.74 Å². The average molecular weight is 315 g/mol. The van der Waals surface area contributed by atoms with Crippen LogP contribution in [-0.4, -0.2) is 12.2 Å². The van der Waals surface area contributed by atoms with E-state index in [1.165, 1.54) is 0 Å². The zero-order valence-corrected chi connectivity index (χ0v) is 10.3. The van der Waals surface area contributed by atoms with Crippen LogP contribution in [0.5, 0.6) is 0 Å². The predicted molar refractivity (Wildman–Crippen MR) is 67.8 cm³/mol. The molecule has 0 bridgehead atoms. The number of benzene rings is 1. The molecule has 1 rings (SSSR count). The SMILES string of the molecule is CC(C#CI)OC(=O)Nc1ccccc1. The van der Waals surface area contributed by atoms with E-state index in [1.807, 2.05) is 40.8 Å². The van der Waals surface area contributed by atoms with Crippen LogP contribution in [0.25, 0.3) is 0 Å². The molecule has 0 saturated carbocycles. The summed E-state index contributed by atoms with van der Waals surface area (Å²) in [5, 5.41) is 2.60. The number of amides is 1. The third-order valence-electron chi connectivity index (χ3n) is 1.56. The van der Waals surface area contributed by atoms with Crippen molar-refractivity contribution in [2.75, 3.05) is 5.32 Å². The van der Waals surface area contributed by atoms with Gasteiger partial charge in [-0.3, -0.25) is 5.32 Å². The van der Waals surface area contributed by atoms with Crippen LogP contribution < -0.4 is 5.32 Å². The fraction of sp³-hybridized carbons (Fsp3) is 0.182. The molecule has 1 unspecified atom stereocenters. The van der Waals surface area contributed by atoms with Crippen LogP contribution in [0.2, 0.25) is 0 Å². The molecule has 1 atom stereocenters. The van der Waals surface area contributed by atoms with Crippen LogP contribution in [0, 0.1) is 9.85 Å². The molecular weight excluding hydrogens is 305 g/mol. The maximum atomic E-state index is 11.3. The van der Waals surface area contributed by atoms with E-state index in [0.29, 0.717) is 5.69 Å². The summed E-state index contributed by atoms with van der Waals surface area (Å²) in [4.78, 5) is 11.3. The first-order valence-corrected chi connectivity index (χ1v) is 5.44. The van der Waals surface area contributed by atoms with Crippen molar-refractivity contribution >= 4 is 34.4 Å². The van der Waals surface area contributed by atoms with E-state index in [9.17, 15) is 4.79 Å². The highest BCUT2D eigenvalue weighted by Crippen LogP contribution is 2.05. The molecule has 0 aliphatic carbocycles. The van der Waals surface area contributed by atoms with E-state index < -0.39 is 12.2 Å². The van der Waals surface area contributed by atoms with Crippen LogP contribution in [-0.2, 0) is 4.74 Å². The summed E-state index contributed by atoms with van der Waals surface area (Å²) in [6.45, 7) is 1.72. The maximum absolute atomic E-state index is 11.3. The van der Waals surface area contributed by atoms with Gasteiger partial charge in [-0.1, -0.05) is 18.2 Å². The molecule has 0 radical (unpaired) electrons. The number of hydrogen-bond donors (Lipinski definition) is 1. The lowest BCUT2D eigenvalue weighted by Gasteiger charge is -2.08. The molecule has 4 heteroatoms. The number of ether oxygens (including phenoxy) is 1. The third-order valence-corrected chi connectivity index (χ3v) is 1.87. The van der Waals surface area contributed by atoms with Crippen molar-refractivity contribution in [1.82, 2.24) is 0 Å². The quantitative estimate of drug-likeness (QED) is 0.673. The summed E-state index contributed by atoms with van der Waals surface area (Å²) in [6, 6.07) is 9.12. The minimum absolute atomic E-state index is 0.398. The van der Waals surface area contributed by atoms with E-state index in [0.717, 1.165) is 0 Å². The van der Waals surface area contributed by atoms with Crippen molar-refractivity contribution in [3.05, 3.63) is 30.3 Å². The summed E-state index contributed by atoms with van der Waals surface area (Å²) >= 11 is 1.90. The lowest BCUT2D eigenvalue weighted by molar-refractivity contribution is 0.145. The third kappa shape index (κ3) is 4.70. The molecule has 78 valence electrons. The topological polar surface area (TPSA) is 38.3 Å². The Labute approximate surface area is 102 Å². The van der Waals surface area contributed by atoms with Crippen LogP contribution in [0.3, 0.4) is 0 Å². The molecule has 0 heterocycles. The fourth-order valence-corrected chi connectivity index (χ4v) is 1.37. The summed E-state index contributed by atoms with van der Waals surface area (Å²) in [5.41, 5.74) is 0.706. The zero-order valence-electron chi connectivity index (χ0n) is 8.16. The second kappa shape index (κ2) is 6.30. The van der Waals surface area contributed by atoms with Crippen LogP contribution in [0.15, 0.2) is 30.3 Å². The number of halogens is 1. The van der Waals surface area contributed by atoms with Crippen molar-refractivity contribution in [3.8, 4) is 9.85 Å². The normalized spacial score (nSPS) is 10.8. The number of nitrogens with one attached hydrogen (secondary N) is 1. The van der Waals surface area contributed by atoms with Gasteiger partial charge in [0.05, 0.1) is 0 Å². The van der Waals surface area contributed by atoms with E-state index in [-0.39, 0.29) is 0 Å². The van der Waals surface area contributed by atoms with Gasteiger partial charge in [-0.05, 0) is 28.9 Å². The summed E-state index contributed by atoms with van der Waals surface area (Å²) in [5.74, 6) is 2.72. The first-order valence-electron chi connectivity index (χ1n) is 4.36. The second-order valence-electron chi connectivity index (χ2n) is 2.78. The standard InChI is InChI=1S/C11H10INO2/c1-9(7-8-12)15-11(14)13-10-5-3-2-4-6-10/h2-6,9H,1H3,(H,13,14). The lowest BCUT2D eigenvalue weighted by Crippen LogP contribution is -2.18. The second-order valence-corrected chi connectivity index (χ2v) is 3.32. The van der Waals surface area contributed by atoms with Crippen LogP contribution >= 0.6 is 22.6 Å². The summed E-state index contributed by atoms with van der Waals surface area (Å²) in [7, 11) is 0. The Morgan fingerprint density at radius 1 is 1.47 bits per heavy atom. The summed E-state index contributed by atoms with van der Waals surface area (Å²) < 4.78 is 7.62. The van der Waals surface area contributed by atoms with Crippen molar-refractivity contribution in [3.63, 3.8) is 0 Å². The number of para-hydroxylation sites is 1. The molecule has 1 N–H and O–H groups in total. The summed E-state index contributed by atoms with van der Waals surface area (Å²) in [6.07, 6.45) is -0.890. The molecule has 1 amide bonds.